The van der Waals surface area contributed by atoms with Crippen molar-refractivity contribution in [1.29, 1.82) is 0 Å². The minimum Gasteiger partial charge on any atom is -0.103 e. The van der Waals surface area contributed by atoms with Gasteiger partial charge in [-0.1, -0.05) is 63.9 Å². The second-order valence-corrected chi connectivity index (χ2v) is 4.78. The van der Waals surface area contributed by atoms with Crippen molar-refractivity contribution >= 4 is 0 Å². The van der Waals surface area contributed by atoms with Crippen LogP contribution in [0.25, 0.3) is 0 Å². The van der Waals surface area contributed by atoms with Crippen LogP contribution in [0.15, 0.2) is 12.7 Å². The maximum absolute atomic E-state index is 3.75. The third kappa shape index (κ3) is 5.47. The van der Waals surface area contributed by atoms with Gasteiger partial charge in [0.15, 0.2) is 0 Å². The first-order valence-electron chi connectivity index (χ1n) is 6.54. The fraction of sp³-hybridized carbons (Fsp3) is 0.857. The van der Waals surface area contributed by atoms with Crippen molar-refractivity contribution < 1.29 is 0 Å². The molecule has 82 valence electrons. The van der Waals surface area contributed by atoms with Crippen LogP contribution in [0.1, 0.15) is 70.6 Å². The molecule has 0 aromatic carbocycles. The van der Waals surface area contributed by atoms with Gasteiger partial charge >= 0.3 is 0 Å². The summed E-state index contributed by atoms with van der Waals surface area (Å²) in [6.07, 6.45) is 18.0. The van der Waals surface area contributed by atoms with E-state index in [-0.39, 0.29) is 0 Å². The van der Waals surface area contributed by atoms with Crippen molar-refractivity contribution in [3.63, 3.8) is 0 Å². The predicted octanol–water partition coefficient (Wildman–Crippen LogP) is 5.09. The molecule has 0 amide bonds. The summed E-state index contributed by atoms with van der Waals surface area (Å²) in [7, 11) is 0. The molecule has 0 bridgehead atoms. The van der Waals surface area contributed by atoms with Crippen LogP contribution in [0, 0.1) is 5.92 Å². The van der Waals surface area contributed by atoms with Crippen LogP contribution in [0.4, 0.5) is 0 Å². The van der Waals surface area contributed by atoms with Gasteiger partial charge in [-0.25, -0.2) is 0 Å². The van der Waals surface area contributed by atoms with Crippen molar-refractivity contribution in [3.05, 3.63) is 12.7 Å². The van der Waals surface area contributed by atoms with Crippen molar-refractivity contribution in [1.82, 2.24) is 0 Å². The molecule has 0 unspecified atom stereocenters. The largest absolute Gasteiger partial charge is 0.103 e. The second kappa shape index (κ2) is 8.08. The van der Waals surface area contributed by atoms with E-state index in [1.165, 1.54) is 70.6 Å². The summed E-state index contributed by atoms with van der Waals surface area (Å²) in [4.78, 5) is 0. The first kappa shape index (κ1) is 11.8. The Kier molecular flexibility index (Phi) is 6.82. The molecular weight excluding hydrogens is 168 g/mol. The van der Waals surface area contributed by atoms with E-state index < -0.39 is 0 Å². The number of allylic oxidation sites excluding steroid dienone is 1. The van der Waals surface area contributed by atoms with Crippen LogP contribution >= 0.6 is 0 Å². The molecule has 1 rings (SSSR count). The Labute approximate surface area is 89.8 Å². The van der Waals surface area contributed by atoms with E-state index in [1.807, 2.05) is 6.08 Å². The highest BCUT2D eigenvalue weighted by atomic mass is 14.2. The number of unbranched alkanes of at least 4 members (excludes halogenated alkanes) is 5. The van der Waals surface area contributed by atoms with Crippen molar-refractivity contribution in [2.24, 2.45) is 5.92 Å². The average molecular weight is 194 g/mol. The van der Waals surface area contributed by atoms with Crippen LogP contribution in [-0.4, -0.2) is 0 Å². The van der Waals surface area contributed by atoms with Gasteiger partial charge in [0.25, 0.3) is 0 Å². The Hall–Kier alpha value is -0.260. The van der Waals surface area contributed by atoms with Crippen molar-refractivity contribution in [3.8, 4) is 0 Å². The average Bonchev–Trinajstić information content (AvgIpc) is 2.69. The van der Waals surface area contributed by atoms with Gasteiger partial charge in [-0.05, 0) is 18.8 Å². The topological polar surface area (TPSA) is 0 Å². The lowest BCUT2D eigenvalue weighted by atomic mass is 9.99. The van der Waals surface area contributed by atoms with E-state index >= 15 is 0 Å². The van der Waals surface area contributed by atoms with Gasteiger partial charge in [0.05, 0.1) is 0 Å². The summed E-state index contributed by atoms with van der Waals surface area (Å²) < 4.78 is 0. The molecule has 0 radical (unpaired) electrons. The summed E-state index contributed by atoms with van der Waals surface area (Å²) in [6.45, 7) is 3.75. The van der Waals surface area contributed by atoms with Crippen molar-refractivity contribution in [2.75, 3.05) is 0 Å². The molecule has 1 aliphatic rings. The van der Waals surface area contributed by atoms with Crippen LogP contribution in [0.5, 0.6) is 0 Å². The first-order chi connectivity index (χ1) is 6.93. The molecule has 0 heteroatoms. The van der Waals surface area contributed by atoms with Crippen LogP contribution in [0.2, 0.25) is 0 Å². The minimum atomic E-state index is 1.10. The van der Waals surface area contributed by atoms with Gasteiger partial charge in [-0.15, -0.1) is 6.58 Å². The monoisotopic (exact) mass is 194 g/mol. The highest BCUT2D eigenvalue weighted by Crippen LogP contribution is 2.29. The summed E-state index contributed by atoms with van der Waals surface area (Å²) >= 11 is 0. The molecule has 1 aliphatic carbocycles. The minimum absolute atomic E-state index is 1.10. The normalized spacial score (nSPS) is 17.4. The number of rotatable bonds is 8. The Morgan fingerprint density at radius 3 is 2.29 bits per heavy atom. The zero-order valence-electron chi connectivity index (χ0n) is 9.64. The number of hydrogen-bond donors (Lipinski definition) is 0. The lowest BCUT2D eigenvalue weighted by Gasteiger charge is -2.07. The number of hydrogen-bond acceptors (Lipinski definition) is 0. The molecule has 1 saturated carbocycles. The quantitative estimate of drug-likeness (QED) is 0.373. The second-order valence-electron chi connectivity index (χ2n) is 4.78. The van der Waals surface area contributed by atoms with E-state index in [1.54, 1.807) is 0 Å². The molecule has 14 heavy (non-hydrogen) atoms. The summed E-state index contributed by atoms with van der Waals surface area (Å²) in [6, 6.07) is 0. The maximum Gasteiger partial charge on any atom is -0.0353 e. The standard InChI is InChI=1S/C14H26/c1-2-3-4-5-6-7-8-11-14-12-9-10-13-14/h2,14H,1,3-13H2. The zero-order chi connectivity index (χ0) is 10.1. The SMILES string of the molecule is C=CCCCCCCCC1CCCC1. The third-order valence-electron chi connectivity index (χ3n) is 3.50. The Balaban J connectivity index is 1.77. The smallest absolute Gasteiger partial charge is 0.0353 e. The van der Waals surface area contributed by atoms with E-state index in [4.69, 9.17) is 0 Å². The molecule has 0 aromatic rings. The first-order valence-corrected chi connectivity index (χ1v) is 6.54. The van der Waals surface area contributed by atoms with Gasteiger partial charge in [0.2, 0.25) is 0 Å². The highest BCUT2D eigenvalue weighted by Gasteiger charge is 2.13. The molecule has 0 nitrogen and oxygen atoms in total. The Morgan fingerprint density at radius 1 is 0.929 bits per heavy atom. The predicted molar refractivity (Wildman–Crippen MR) is 64.5 cm³/mol. The molecular formula is C14H26. The maximum atomic E-state index is 3.75. The highest BCUT2D eigenvalue weighted by molar-refractivity contribution is 4.67. The van der Waals surface area contributed by atoms with Crippen molar-refractivity contribution in [2.45, 2.75) is 70.6 Å². The van der Waals surface area contributed by atoms with E-state index in [9.17, 15) is 0 Å². The lowest BCUT2D eigenvalue weighted by molar-refractivity contribution is 0.463. The fourth-order valence-electron chi connectivity index (χ4n) is 2.55. The summed E-state index contributed by atoms with van der Waals surface area (Å²) in [5.74, 6) is 1.10. The lowest BCUT2D eigenvalue weighted by Crippen LogP contribution is -1.92. The molecule has 0 heterocycles. The Morgan fingerprint density at radius 2 is 1.57 bits per heavy atom. The molecule has 0 aromatic heterocycles. The zero-order valence-corrected chi connectivity index (χ0v) is 9.64. The van der Waals surface area contributed by atoms with Crippen LogP contribution < -0.4 is 0 Å². The van der Waals surface area contributed by atoms with Gasteiger partial charge in [-0.2, -0.15) is 0 Å². The molecule has 0 N–H and O–H groups in total. The summed E-state index contributed by atoms with van der Waals surface area (Å²) in [5, 5.41) is 0. The van der Waals surface area contributed by atoms with Crippen LogP contribution in [-0.2, 0) is 0 Å². The van der Waals surface area contributed by atoms with E-state index in [2.05, 4.69) is 6.58 Å². The van der Waals surface area contributed by atoms with Crippen LogP contribution in [0.3, 0.4) is 0 Å². The molecule has 0 spiro atoms. The molecule has 0 aliphatic heterocycles. The summed E-state index contributed by atoms with van der Waals surface area (Å²) in [5.41, 5.74) is 0. The van der Waals surface area contributed by atoms with Gasteiger partial charge < -0.3 is 0 Å². The molecule has 1 fully saturated rings. The van der Waals surface area contributed by atoms with Gasteiger partial charge in [0.1, 0.15) is 0 Å². The molecule has 0 atom stereocenters. The van der Waals surface area contributed by atoms with Gasteiger partial charge in [-0.3, -0.25) is 0 Å². The van der Waals surface area contributed by atoms with Gasteiger partial charge in [0, 0.05) is 0 Å². The van der Waals surface area contributed by atoms with E-state index in [0.717, 1.165) is 5.92 Å². The molecule has 0 saturated heterocycles. The Bertz CT molecular complexity index is 131. The third-order valence-corrected chi connectivity index (χ3v) is 3.50. The van der Waals surface area contributed by atoms with E-state index in [0.29, 0.717) is 0 Å². The fourth-order valence-corrected chi connectivity index (χ4v) is 2.55.